The van der Waals surface area contributed by atoms with Crippen LogP contribution >= 0.6 is 11.3 Å². The maximum absolute atomic E-state index is 12.1. The van der Waals surface area contributed by atoms with E-state index in [1.807, 2.05) is 0 Å². The van der Waals surface area contributed by atoms with E-state index in [9.17, 15) is 22.8 Å². The molecule has 0 bridgehead atoms. The van der Waals surface area contributed by atoms with Crippen LogP contribution in [0.3, 0.4) is 0 Å². The number of rotatable bonds is 11. The molecule has 0 saturated carbocycles. The van der Waals surface area contributed by atoms with Crippen molar-refractivity contribution in [2.45, 2.75) is 31.7 Å². The van der Waals surface area contributed by atoms with Crippen molar-refractivity contribution in [1.82, 2.24) is 19.6 Å². The second-order valence-corrected chi connectivity index (χ2v) is 9.35. The van der Waals surface area contributed by atoms with Crippen LogP contribution in [0.15, 0.2) is 23.4 Å². The molecule has 10 nitrogen and oxygen atoms in total. The number of esters is 1. The van der Waals surface area contributed by atoms with Crippen molar-refractivity contribution in [3.05, 3.63) is 33.9 Å². The van der Waals surface area contributed by atoms with Crippen molar-refractivity contribution in [2.24, 2.45) is 7.05 Å². The van der Waals surface area contributed by atoms with Crippen LogP contribution in [0.4, 0.5) is 0 Å². The standard InChI is InChI=1S/C18H24N4O6S2/c1-12-21-17(10-22(12)3)30(26,27)20-9-7-18(25)28-11-15(24)16-5-4-14(29-16)6-8-19-13(2)23/h4-5,10,20H,6-9,11H2,1-3H3,(H,19,23). The lowest BCUT2D eigenvalue weighted by molar-refractivity contribution is -0.142. The Morgan fingerprint density at radius 1 is 1.23 bits per heavy atom. The first-order valence-electron chi connectivity index (χ1n) is 9.10. The van der Waals surface area contributed by atoms with Crippen molar-refractivity contribution in [3.63, 3.8) is 0 Å². The van der Waals surface area contributed by atoms with Gasteiger partial charge in [-0.15, -0.1) is 11.3 Å². The third-order valence-corrected chi connectivity index (χ3v) is 6.55. The highest BCUT2D eigenvalue weighted by atomic mass is 32.2. The minimum atomic E-state index is -3.82. The van der Waals surface area contributed by atoms with Gasteiger partial charge in [0.1, 0.15) is 5.82 Å². The summed E-state index contributed by atoms with van der Waals surface area (Å²) in [6.07, 6.45) is 1.76. The average Bonchev–Trinajstić information content (AvgIpc) is 3.27. The molecule has 2 aromatic heterocycles. The van der Waals surface area contributed by atoms with Crippen molar-refractivity contribution < 1.29 is 27.5 Å². The third-order valence-electron chi connectivity index (χ3n) is 4.03. The Morgan fingerprint density at radius 3 is 2.60 bits per heavy atom. The molecule has 164 valence electrons. The number of amides is 1. The van der Waals surface area contributed by atoms with Gasteiger partial charge >= 0.3 is 5.97 Å². The van der Waals surface area contributed by atoms with Gasteiger partial charge in [-0.2, -0.15) is 0 Å². The van der Waals surface area contributed by atoms with Gasteiger partial charge in [0.15, 0.2) is 11.6 Å². The summed E-state index contributed by atoms with van der Waals surface area (Å²) in [4.78, 5) is 40.1. The number of sulfonamides is 1. The second-order valence-electron chi connectivity index (χ2n) is 6.47. The molecule has 0 aliphatic rings. The maximum Gasteiger partial charge on any atom is 0.307 e. The van der Waals surface area contributed by atoms with Crippen molar-refractivity contribution >= 4 is 39.0 Å². The molecule has 0 unspecified atom stereocenters. The summed E-state index contributed by atoms with van der Waals surface area (Å²) in [6.45, 7) is 3.00. The zero-order valence-corrected chi connectivity index (χ0v) is 18.6. The molecule has 0 saturated heterocycles. The Bertz CT molecular complexity index is 1010. The molecule has 2 aromatic rings. The number of aryl methyl sites for hydroxylation is 2. The predicted octanol–water partition coefficient (Wildman–Crippen LogP) is 0.563. The molecule has 2 heterocycles. The van der Waals surface area contributed by atoms with Gasteiger partial charge in [-0.1, -0.05) is 0 Å². The molecule has 0 aliphatic heterocycles. The third kappa shape index (κ3) is 7.04. The monoisotopic (exact) mass is 456 g/mol. The highest BCUT2D eigenvalue weighted by Crippen LogP contribution is 2.17. The Kier molecular flexibility index (Phi) is 8.26. The number of ether oxygens (including phenoxy) is 1. The lowest BCUT2D eigenvalue weighted by atomic mass is 10.3. The van der Waals surface area contributed by atoms with E-state index in [0.29, 0.717) is 23.7 Å². The van der Waals surface area contributed by atoms with Crippen LogP contribution in [-0.4, -0.2) is 55.3 Å². The lowest BCUT2D eigenvalue weighted by Gasteiger charge is -2.05. The summed E-state index contributed by atoms with van der Waals surface area (Å²) in [5.74, 6) is -0.610. The number of imidazole rings is 1. The minimum absolute atomic E-state index is 0.118. The molecule has 1 amide bonds. The average molecular weight is 457 g/mol. The molecule has 2 rings (SSSR count). The fourth-order valence-corrected chi connectivity index (χ4v) is 4.33. The van der Waals surface area contributed by atoms with Gasteiger partial charge in [-0.25, -0.2) is 18.1 Å². The number of aromatic nitrogens is 2. The molecule has 0 aliphatic carbocycles. The fraction of sp³-hybridized carbons (Fsp3) is 0.444. The van der Waals surface area contributed by atoms with Gasteiger partial charge in [-0.05, 0) is 25.5 Å². The molecule has 0 spiro atoms. The largest absolute Gasteiger partial charge is 0.457 e. The van der Waals surface area contributed by atoms with E-state index in [1.165, 1.54) is 24.5 Å². The lowest BCUT2D eigenvalue weighted by Crippen LogP contribution is -2.27. The van der Waals surface area contributed by atoms with Gasteiger partial charge in [0.05, 0.1) is 11.3 Å². The Hall–Kier alpha value is -2.57. The quantitative estimate of drug-likeness (QED) is 0.372. The van der Waals surface area contributed by atoms with Gasteiger partial charge in [0.2, 0.25) is 11.7 Å². The van der Waals surface area contributed by atoms with Crippen LogP contribution in [0, 0.1) is 6.92 Å². The second kappa shape index (κ2) is 10.5. The van der Waals surface area contributed by atoms with Crippen LogP contribution in [0.1, 0.15) is 33.7 Å². The molecule has 0 fully saturated rings. The number of hydrogen-bond acceptors (Lipinski definition) is 8. The Labute approximate surface area is 178 Å². The minimum Gasteiger partial charge on any atom is -0.457 e. The number of nitrogens with one attached hydrogen (secondary N) is 2. The van der Waals surface area contributed by atoms with E-state index in [2.05, 4.69) is 15.0 Å². The number of ketones is 1. The summed E-state index contributed by atoms with van der Waals surface area (Å²) in [7, 11) is -2.15. The van der Waals surface area contributed by atoms with Gasteiger partial charge in [-0.3, -0.25) is 14.4 Å². The van der Waals surface area contributed by atoms with Crippen LogP contribution in [0.25, 0.3) is 0 Å². The first-order chi connectivity index (χ1) is 14.1. The number of carbonyl (C=O) groups excluding carboxylic acids is 3. The summed E-state index contributed by atoms with van der Waals surface area (Å²) in [5, 5.41) is 2.55. The predicted molar refractivity (Wildman–Crippen MR) is 110 cm³/mol. The number of Topliss-reactive ketones (excluding diaryl/α,β-unsaturated/α-hetero) is 1. The van der Waals surface area contributed by atoms with E-state index in [1.54, 1.807) is 30.7 Å². The number of thiophene rings is 1. The molecule has 0 aromatic carbocycles. The molecule has 30 heavy (non-hydrogen) atoms. The normalized spacial score (nSPS) is 11.3. The SMILES string of the molecule is CC(=O)NCCc1ccc(C(=O)COC(=O)CCNS(=O)(=O)c2cn(C)c(C)n2)s1. The molecule has 2 N–H and O–H groups in total. The topological polar surface area (TPSA) is 136 Å². The number of carbonyl (C=O) groups is 3. The van der Waals surface area contributed by atoms with Crippen molar-refractivity contribution in [1.29, 1.82) is 0 Å². The first kappa shape index (κ1) is 23.7. The maximum atomic E-state index is 12.1. The van der Waals surface area contributed by atoms with Crippen LogP contribution in [0.5, 0.6) is 0 Å². The van der Waals surface area contributed by atoms with E-state index in [0.717, 1.165) is 4.88 Å². The van der Waals surface area contributed by atoms with E-state index < -0.39 is 22.6 Å². The fourth-order valence-electron chi connectivity index (χ4n) is 2.33. The van der Waals surface area contributed by atoms with Crippen molar-refractivity contribution in [3.8, 4) is 0 Å². The van der Waals surface area contributed by atoms with Crippen LogP contribution in [0.2, 0.25) is 0 Å². The molecule has 12 heteroatoms. The zero-order chi connectivity index (χ0) is 22.3. The van der Waals surface area contributed by atoms with E-state index in [4.69, 9.17) is 4.74 Å². The first-order valence-corrected chi connectivity index (χ1v) is 11.4. The molecular formula is C18H24N4O6S2. The smallest absolute Gasteiger partial charge is 0.307 e. The van der Waals surface area contributed by atoms with E-state index in [-0.39, 0.29) is 29.7 Å². The van der Waals surface area contributed by atoms with Crippen molar-refractivity contribution in [2.75, 3.05) is 19.7 Å². The zero-order valence-electron chi connectivity index (χ0n) is 16.9. The Morgan fingerprint density at radius 2 is 1.97 bits per heavy atom. The van der Waals surface area contributed by atoms with Gasteiger partial charge < -0.3 is 14.6 Å². The highest BCUT2D eigenvalue weighted by molar-refractivity contribution is 7.89. The van der Waals surface area contributed by atoms with Crippen LogP contribution in [-0.2, 0) is 37.8 Å². The summed E-state index contributed by atoms with van der Waals surface area (Å²) < 4.78 is 33.0. The molecule has 0 atom stereocenters. The summed E-state index contributed by atoms with van der Waals surface area (Å²) >= 11 is 1.27. The van der Waals surface area contributed by atoms with Gasteiger partial charge in [0.25, 0.3) is 10.0 Å². The Balaban J connectivity index is 1.73. The number of hydrogen-bond donors (Lipinski definition) is 2. The van der Waals surface area contributed by atoms with E-state index >= 15 is 0 Å². The highest BCUT2D eigenvalue weighted by Gasteiger charge is 2.19. The van der Waals surface area contributed by atoms with Gasteiger partial charge in [0, 0.05) is 38.1 Å². The summed E-state index contributed by atoms with van der Waals surface area (Å²) in [6, 6.07) is 3.43. The van der Waals surface area contributed by atoms with Crippen LogP contribution < -0.4 is 10.0 Å². The number of nitrogens with zero attached hydrogens (tertiary/aromatic N) is 2. The summed E-state index contributed by atoms with van der Waals surface area (Å²) in [5.41, 5.74) is 0. The molecular weight excluding hydrogens is 432 g/mol. The molecule has 0 radical (unpaired) electrons.